The van der Waals surface area contributed by atoms with Gasteiger partial charge in [0.1, 0.15) is 29.9 Å². The second-order valence-corrected chi connectivity index (χ2v) is 5.93. The molecule has 1 heterocycles. The average Bonchev–Trinajstić information content (AvgIpc) is 2.48. The van der Waals surface area contributed by atoms with Gasteiger partial charge in [0.25, 0.3) is 0 Å². The van der Waals surface area contributed by atoms with Crippen molar-refractivity contribution in [2.45, 2.75) is 34.7 Å². The zero-order chi connectivity index (χ0) is 15.6. The van der Waals surface area contributed by atoms with E-state index in [9.17, 15) is 15.3 Å². The third kappa shape index (κ3) is 3.76. The van der Waals surface area contributed by atoms with Gasteiger partial charge in [-0.05, 0) is 17.6 Å². The SMILES string of the molecule is OC[C@H]1O[C@@H](Sc2ccc(B(O)O)cc2)[C@H](O)[C@@H](O)[C@@H]1O. The predicted molar refractivity (Wildman–Crippen MR) is 75.9 cm³/mol. The van der Waals surface area contributed by atoms with Crippen LogP contribution in [-0.2, 0) is 4.74 Å². The molecule has 1 aliphatic rings. The Kier molecular flexibility index (Phi) is 5.63. The number of aliphatic hydroxyl groups is 4. The molecule has 0 aliphatic carbocycles. The minimum absolute atomic E-state index is 0.327. The molecular weight excluding hydrogens is 299 g/mol. The summed E-state index contributed by atoms with van der Waals surface area (Å²) in [7, 11) is -1.56. The summed E-state index contributed by atoms with van der Waals surface area (Å²) >= 11 is 1.10. The third-order valence-electron chi connectivity index (χ3n) is 3.28. The van der Waals surface area contributed by atoms with Crippen LogP contribution in [0.1, 0.15) is 0 Å². The highest BCUT2D eigenvalue weighted by molar-refractivity contribution is 7.99. The van der Waals surface area contributed by atoms with Gasteiger partial charge < -0.3 is 35.2 Å². The summed E-state index contributed by atoms with van der Waals surface area (Å²) in [5.74, 6) is 0. The minimum atomic E-state index is -1.56. The molecule has 7 nitrogen and oxygen atoms in total. The molecule has 0 bridgehead atoms. The van der Waals surface area contributed by atoms with E-state index in [4.69, 9.17) is 19.9 Å². The Morgan fingerprint density at radius 2 is 1.62 bits per heavy atom. The molecule has 1 aromatic rings. The molecule has 1 saturated heterocycles. The molecule has 0 aromatic heterocycles. The zero-order valence-electron chi connectivity index (χ0n) is 11.0. The maximum absolute atomic E-state index is 9.91. The van der Waals surface area contributed by atoms with Crippen molar-refractivity contribution in [2.75, 3.05) is 6.61 Å². The molecule has 0 amide bonds. The van der Waals surface area contributed by atoms with Gasteiger partial charge in [0.05, 0.1) is 6.61 Å². The fourth-order valence-corrected chi connectivity index (χ4v) is 3.08. The van der Waals surface area contributed by atoms with Crippen LogP contribution in [0.5, 0.6) is 0 Å². The summed E-state index contributed by atoms with van der Waals surface area (Å²) in [6, 6.07) is 6.25. The van der Waals surface area contributed by atoms with E-state index in [1.165, 1.54) is 12.1 Å². The molecule has 6 N–H and O–H groups in total. The van der Waals surface area contributed by atoms with Crippen LogP contribution in [0.15, 0.2) is 29.2 Å². The molecule has 1 fully saturated rings. The van der Waals surface area contributed by atoms with E-state index in [0.29, 0.717) is 10.4 Å². The van der Waals surface area contributed by atoms with Crippen molar-refractivity contribution in [1.82, 2.24) is 0 Å². The Bertz CT molecular complexity index is 455. The van der Waals surface area contributed by atoms with Crippen molar-refractivity contribution in [3.05, 3.63) is 24.3 Å². The van der Waals surface area contributed by atoms with Gasteiger partial charge in [-0.15, -0.1) is 0 Å². The van der Waals surface area contributed by atoms with Gasteiger partial charge in [-0.2, -0.15) is 0 Å². The Balaban J connectivity index is 2.07. The van der Waals surface area contributed by atoms with Crippen LogP contribution in [0.2, 0.25) is 0 Å². The molecule has 0 spiro atoms. The number of hydrogen-bond acceptors (Lipinski definition) is 8. The first-order valence-corrected chi connectivity index (χ1v) is 7.25. The van der Waals surface area contributed by atoms with Crippen LogP contribution >= 0.6 is 11.8 Å². The lowest BCUT2D eigenvalue weighted by Gasteiger charge is -2.39. The highest BCUT2D eigenvalue weighted by Crippen LogP contribution is 2.32. The van der Waals surface area contributed by atoms with Gasteiger partial charge in [-0.1, -0.05) is 23.9 Å². The molecule has 9 heteroatoms. The molecule has 0 radical (unpaired) electrons. The summed E-state index contributed by atoms with van der Waals surface area (Å²) in [5, 5.41) is 56.4. The lowest BCUT2D eigenvalue weighted by atomic mass is 9.81. The topological polar surface area (TPSA) is 131 Å². The van der Waals surface area contributed by atoms with Crippen molar-refractivity contribution < 1.29 is 35.2 Å². The summed E-state index contributed by atoms with van der Waals surface area (Å²) in [6.07, 6.45) is -5.05. The monoisotopic (exact) mass is 316 g/mol. The van der Waals surface area contributed by atoms with Crippen molar-refractivity contribution in [3.63, 3.8) is 0 Å². The quantitative estimate of drug-likeness (QED) is 0.330. The van der Waals surface area contributed by atoms with Crippen LogP contribution in [0.25, 0.3) is 0 Å². The van der Waals surface area contributed by atoms with Gasteiger partial charge in [-0.3, -0.25) is 0 Å². The fourth-order valence-electron chi connectivity index (χ4n) is 2.02. The van der Waals surface area contributed by atoms with E-state index >= 15 is 0 Å². The number of thioether (sulfide) groups is 1. The third-order valence-corrected chi connectivity index (χ3v) is 4.45. The number of aliphatic hydroxyl groups excluding tert-OH is 4. The standard InChI is InChI=1S/C12H17BO7S/c14-5-8-9(15)10(16)11(17)12(20-8)21-7-3-1-6(2-4-7)13(18)19/h1-4,8-12,14-19H,5H2/t8-,9-,10+,11-,12+/m1/s1. The van der Waals surface area contributed by atoms with Crippen molar-refractivity contribution in [2.24, 2.45) is 0 Å². The molecule has 1 aliphatic heterocycles. The molecule has 0 unspecified atom stereocenters. The summed E-state index contributed by atoms with van der Waals surface area (Å²) in [4.78, 5) is 0.670. The Labute approximate surface area is 126 Å². The van der Waals surface area contributed by atoms with Crippen molar-refractivity contribution in [3.8, 4) is 0 Å². The van der Waals surface area contributed by atoms with Crippen molar-refractivity contribution >= 4 is 24.3 Å². The lowest BCUT2D eigenvalue weighted by Crippen LogP contribution is -2.57. The average molecular weight is 316 g/mol. The predicted octanol–water partition coefficient (Wildman–Crippen LogP) is -2.74. The number of hydrogen-bond donors (Lipinski definition) is 6. The van der Waals surface area contributed by atoms with E-state index < -0.39 is 43.6 Å². The van der Waals surface area contributed by atoms with E-state index in [0.717, 1.165) is 11.8 Å². The van der Waals surface area contributed by atoms with Gasteiger partial charge in [0, 0.05) is 4.90 Å². The van der Waals surface area contributed by atoms with Crippen LogP contribution < -0.4 is 5.46 Å². The largest absolute Gasteiger partial charge is 0.488 e. The maximum Gasteiger partial charge on any atom is 0.488 e. The molecule has 21 heavy (non-hydrogen) atoms. The highest BCUT2D eigenvalue weighted by Gasteiger charge is 2.43. The van der Waals surface area contributed by atoms with Crippen LogP contribution in [0.4, 0.5) is 0 Å². The Hall–Kier alpha value is -0.645. The molecule has 1 aromatic carbocycles. The first-order valence-electron chi connectivity index (χ1n) is 6.37. The second kappa shape index (κ2) is 7.08. The van der Waals surface area contributed by atoms with Crippen LogP contribution in [0.3, 0.4) is 0 Å². The smallest absolute Gasteiger partial charge is 0.423 e. The van der Waals surface area contributed by atoms with Crippen LogP contribution in [0, 0.1) is 0 Å². The van der Waals surface area contributed by atoms with E-state index in [1.54, 1.807) is 12.1 Å². The van der Waals surface area contributed by atoms with E-state index in [2.05, 4.69) is 0 Å². The minimum Gasteiger partial charge on any atom is -0.423 e. The number of rotatable bonds is 4. The molecule has 5 atom stereocenters. The number of ether oxygens (including phenoxy) is 1. The van der Waals surface area contributed by atoms with E-state index in [-0.39, 0.29) is 0 Å². The normalized spacial score (nSPS) is 33.0. The first-order chi connectivity index (χ1) is 9.93. The molecule has 2 rings (SSSR count). The van der Waals surface area contributed by atoms with Gasteiger partial charge in [0.2, 0.25) is 0 Å². The molecule has 0 saturated carbocycles. The molecular formula is C12H17BO7S. The van der Waals surface area contributed by atoms with Gasteiger partial charge in [0.15, 0.2) is 0 Å². The fraction of sp³-hybridized carbons (Fsp3) is 0.500. The van der Waals surface area contributed by atoms with Crippen molar-refractivity contribution in [1.29, 1.82) is 0 Å². The first kappa shape index (κ1) is 16.7. The Morgan fingerprint density at radius 1 is 1.00 bits per heavy atom. The van der Waals surface area contributed by atoms with Gasteiger partial charge in [-0.25, -0.2) is 0 Å². The maximum atomic E-state index is 9.91. The zero-order valence-corrected chi connectivity index (χ0v) is 11.8. The summed E-state index contributed by atoms with van der Waals surface area (Å²) < 4.78 is 5.37. The second-order valence-electron chi connectivity index (χ2n) is 4.76. The highest BCUT2D eigenvalue weighted by atomic mass is 32.2. The Morgan fingerprint density at radius 3 is 2.14 bits per heavy atom. The molecule has 116 valence electrons. The summed E-state index contributed by atoms with van der Waals surface area (Å²) in [5.41, 5.74) is -0.529. The summed E-state index contributed by atoms with van der Waals surface area (Å²) in [6.45, 7) is -0.475. The van der Waals surface area contributed by atoms with E-state index in [1.807, 2.05) is 0 Å². The van der Waals surface area contributed by atoms with Crippen LogP contribution in [-0.4, -0.2) is 74.1 Å². The lowest BCUT2D eigenvalue weighted by molar-refractivity contribution is -0.205. The van der Waals surface area contributed by atoms with Gasteiger partial charge >= 0.3 is 7.12 Å². The number of benzene rings is 1.